The number of non-ortho nitro benzene ring substituents is 1. The summed E-state index contributed by atoms with van der Waals surface area (Å²) < 4.78 is 10.6. The number of phenolic OH excluding ortho intramolecular Hbond substituents is 1. The van der Waals surface area contributed by atoms with Gasteiger partial charge in [-0.25, -0.2) is 0 Å². The maximum Gasteiger partial charge on any atom is 0.270 e. The fourth-order valence-corrected chi connectivity index (χ4v) is 2.67. The van der Waals surface area contributed by atoms with Crippen molar-refractivity contribution in [3.05, 3.63) is 64.0 Å². The molecule has 3 rings (SSSR count). The minimum Gasteiger partial charge on any atom is -0.508 e. The lowest BCUT2D eigenvalue weighted by atomic mass is 10.1. The van der Waals surface area contributed by atoms with Crippen LogP contribution in [0.15, 0.2) is 47.0 Å². The smallest absolute Gasteiger partial charge is 0.270 e. The van der Waals surface area contributed by atoms with E-state index in [0.29, 0.717) is 18.3 Å². The molecule has 30 heavy (non-hydrogen) atoms. The second kappa shape index (κ2) is 9.50. The third-order valence-electron chi connectivity index (χ3n) is 4.21. The van der Waals surface area contributed by atoms with Gasteiger partial charge in [0.25, 0.3) is 5.69 Å². The van der Waals surface area contributed by atoms with Gasteiger partial charge in [-0.3, -0.25) is 14.9 Å². The summed E-state index contributed by atoms with van der Waals surface area (Å²) in [4.78, 5) is 26.6. The quantitative estimate of drug-likeness (QED) is 0.404. The zero-order valence-corrected chi connectivity index (χ0v) is 16.2. The minimum atomic E-state index is -0.567. The number of aromatic hydroxyl groups is 1. The van der Waals surface area contributed by atoms with Gasteiger partial charge in [0.15, 0.2) is 0 Å². The summed E-state index contributed by atoms with van der Waals surface area (Å²) in [5.41, 5.74) is 0.858. The number of hydrogen-bond acceptors (Lipinski definition) is 8. The predicted octanol–water partition coefficient (Wildman–Crippen LogP) is 3.00. The van der Waals surface area contributed by atoms with Crippen LogP contribution in [0.3, 0.4) is 0 Å². The van der Waals surface area contributed by atoms with Gasteiger partial charge in [-0.15, -0.1) is 0 Å². The Morgan fingerprint density at radius 1 is 1.27 bits per heavy atom. The summed E-state index contributed by atoms with van der Waals surface area (Å²) in [5.74, 6) is 1.03. The Morgan fingerprint density at radius 2 is 2.03 bits per heavy atom. The van der Waals surface area contributed by atoms with Crippen molar-refractivity contribution in [3.63, 3.8) is 0 Å². The Labute approximate surface area is 171 Å². The fourth-order valence-electron chi connectivity index (χ4n) is 2.67. The molecule has 1 aromatic heterocycles. The van der Waals surface area contributed by atoms with Crippen LogP contribution < -0.4 is 10.1 Å². The first-order chi connectivity index (χ1) is 14.5. The predicted molar refractivity (Wildman–Crippen MR) is 106 cm³/mol. The van der Waals surface area contributed by atoms with E-state index in [1.807, 2.05) is 31.2 Å². The van der Waals surface area contributed by atoms with E-state index in [9.17, 15) is 20.0 Å². The Balaban J connectivity index is 1.52. The van der Waals surface area contributed by atoms with Crippen molar-refractivity contribution in [1.82, 2.24) is 15.5 Å². The van der Waals surface area contributed by atoms with E-state index in [1.165, 1.54) is 18.2 Å². The molecule has 0 aliphatic rings. The Bertz CT molecular complexity index is 1030. The first kappa shape index (κ1) is 20.8. The third kappa shape index (κ3) is 5.31. The highest BCUT2D eigenvalue weighted by Gasteiger charge is 2.13. The van der Waals surface area contributed by atoms with Crippen LogP contribution in [0.1, 0.15) is 24.8 Å². The molecule has 10 heteroatoms. The van der Waals surface area contributed by atoms with Crippen molar-refractivity contribution in [2.45, 2.75) is 26.3 Å². The second-order valence-electron chi connectivity index (χ2n) is 6.32. The normalized spacial score (nSPS) is 10.6. The molecule has 0 spiro atoms. The van der Waals surface area contributed by atoms with Crippen LogP contribution in [-0.4, -0.2) is 32.7 Å². The van der Waals surface area contributed by atoms with Gasteiger partial charge < -0.3 is 19.7 Å². The summed E-state index contributed by atoms with van der Waals surface area (Å²) >= 11 is 0. The number of rotatable bonds is 9. The van der Waals surface area contributed by atoms with Crippen LogP contribution >= 0.6 is 0 Å². The average molecular weight is 412 g/mol. The van der Waals surface area contributed by atoms with Gasteiger partial charge in [-0.05, 0) is 37.3 Å². The molecule has 1 heterocycles. The number of benzene rings is 2. The number of phenols is 1. The van der Waals surface area contributed by atoms with Crippen molar-refractivity contribution in [2.75, 3.05) is 6.61 Å². The lowest BCUT2D eigenvalue weighted by Gasteiger charge is -2.06. The topological polar surface area (TPSA) is 141 Å². The van der Waals surface area contributed by atoms with Gasteiger partial charge in [-0.2, -0.15) is 4.98 Å². The van der Waals surface area contributed by atoms with Crippen molar-refractivity contribution < 1.29 is 24.1 Å². The van der Waals surface area contributed by atoms with Crippen molar-refractivity contribution in [2.24, 2.45) is 0 Å². The number of nitrogens with one attached hydrogen (secondary N) is 1. The van der Waals surface area contributed by atoms with E-state index in [1.54, 1.807) is 0 Å². The summed E-state index contributed by atoms with van der Waals surface area (Å²) in [5, 5.41) is 27.1. The highest BCUT2D eigenvalue weighted by atomic mass is 16.6. The maximum absolute atomic E-state index is 12.1. The lowest BCUT2D eigenvalue weighted by molar-refractivity contribution is -0.384. The number of aryl methyl sites for hydroxylation is 1. The number of hydrogen-bond donors (Lipinski definition) is 2. The van der Waals surface area contributed by atoms with E-state index < -0.39 is 4.92 Å². The summed E-state index contributed by atoms with van der Waals surface area (Å²) in [6, 6.07) is 10.9. The van der Waals surface area contributed by atoms with Crippen LogP contribution in [0.2, 0.25) is 0 Å². The van der Waals surface area contributed by atoms with Crippen molar-refractivity contribution in [1.29, 1.82) is 0 Å². The number of nitrogens with zero attached hydrogens (tertiary/aromatic N) is 3. The van der Waals surface area contributed by atoms with Crippen LogP contribution in [0, 0.1) is 10.1 Å². The molecule has 0 saturated carbocycles. The zero-order chi connectivity index (χ0) is 21.5. The van der Waals surface area contributed by atoms with Crippen molar-refractivity contribution >= 4 is 11.6 Å². The molecule has 0 fully saturated rings. The highest BCUT2D eigenvalue weighted by Crippen LogP contribution is 2.23. The van der Waals surface area contributed by atoms with Gasteiger partial charge in [0, 0.05) is 42.6 Å². The molecular formula is C20H20N4O6. The van der Waals surface area contributed by atoms with Gasteiger partial charge in [0.2, 0.25) is 17.6 Å². The molecular weight excluding hydrogens is 392 g/mol. The molecule has 0 radical (unpaired) electrons. The van der Waals surface area contributed by atoms with Crippen LogP contribution in [-0.2, 0) is 17.8 Å². The van der Waals surface area contributed by atoms with Gasteiger partial charge in [0.1, 0.15) is 11.5 Å². The Morgan fingerprint density at radius 3 is 2.73 bits per heavy atom. The molecule has 0 saturated heterocycles. The second-order valence-corrected chi connectivity index (χ2v) is 6.32. The van der Waals surface area contributed by atoms with E-state index in [-0.39, 0.29) is 42.3 Å². The minimum absolute atomic E-state index is 0.0341. The number of nitro benzene ring substituents is 1. The number of nitro groups is 1. The summed E-state index contributed by atoms with van der Waals surface area (Å²) in [7, 11) is 0. The molecule has 2 N–H and O–H groups in total. The van der Waals surface area contributed by atoms with Crippen LogP contribution in [0.5, 0.6) is 11.5 Å². The molecule has 0 aliphatic carbocycles. The third-order valence-corrected chi connectivity index (χ3v) is 4.21. The standard InChI is InChI=1S/C20H20N4O6/c1-2-29-16-6-3-13(4-7-16)20-22-19(30-23-20)10-9-18(26)21-12-14-11-15(24(27)28)5-8-17(14)25/h3-8,11,25H,2,9-10,12H2,1H3,(H,21,26). The van der Waals surface area contributed by atoms with Gasteiger partial charge in [0.05, 0.1) is 11.5 Å². The molecule has 0 aliphatic heterocycles. The zero-order valence-electron chi connectivity index (χ0n) is 16.2. The monoisotopic (exact) mass is 412 g/mol. The molecule has 3 aromatic rings. The Kier molecular flexibility index (Phi) is 6.58. The van der Waals surface area contributed by atoms with Crippen LogP contribution in [0.4, 0.5) is 5.69 Å². The SMILES string of the molecule is CCOc1ccc(-c2noc(CCC(=O)NCc3cc([N+](=O)[O-])ccc3O)n2)cc1. The fraction of sp³-hybridized carbons (Fsp3) is 0.250. The molecule has 2 aromatic carbocycles. The number of aromatic nitrogens is 2. The van der Waals surface area contributed by atoms with E-state index in [0.717, 1.165) is 11.3 Å². The maximum atomic E-state index is 12.1. The van der Waals surface area contributed by atoms with E-state index in [4.69, 9.17) is 9.26 Å². The molecule has 0 atom stereocenters. The summed E-state index contributed by atoms with van der Waals surface area (Å²) in [6.45, 7) is 2.45. The first-order valence-electron chi connectivity index (χ1n) is 9.25. The number of carbonyl (C=O) groups is 1. The van der Waals surface area contributed by atoms with Gasteiger partial charge >= 0.3 is 0 Å². The van der Waals surface area contributed by atoms with Gasteiger partial charge in [-0.1, -0.05) is 5.16 Å². The first-order valence-corrected chi connectivity index (χ1v) is 9.25. The van der Waals surface area contributed by atoms with Crippen molar-refractivity contribution in [3.8, 4) is 22.9 Å². The average Bonchev–Trinajstić information content (AvgIpc) is 3.21. The number of amides is 1. The molecule has 156 valence electrons. The lowest BCUT2D eigenvalue weighted by Crippen LogP contribution is -2.23. The van der Waals surface area contributed by atoms with E-state index >= 15 is 0 Å². The summed E-state index contributed by atoms with van der Waals surface area (Å²) in [6.07, 6.45) is 0.317. The molecule has 10 nitrogen and oxygen atoms in total. The molecule has 0 unspecified atom stereocenters. The molecule has 1 amide bonds. The number of carbonyl (C=O) groups excluding carboxylic acids is 1. The number of ether oxygens (including phenoxy) is 1. The Hall–Kier alpha value is -3.95. The molecule has 0 bridgehead atoms. The van der Waals surface area contributed by atoms with E-state index in [2.05, 4.69) is 15.5 Å². The largest absolute Gasteiger partial charge is 0.508 e. The van der Waals surface area contributed by atoms with Crippen LogP contribution in [0.25, 0.3) is 11.4 Å². The highest BCUT2D eigenvalue weighted by molar-refractivity contribution is 5.76.